The Balaban J connectivity index is 0.00000147. The first-order chi connectivity index (χ1) is 9.08. The second-order valence-corrected chi connectivity index (χ2v) is 5.34. The van der Waals surface area contributed by atoms with Crippen LogP contribution >= 0.6 is 24.0 Å². The van der Waals surface area contributed by atoms with Gasteiger partial charge in [0.15, 0.2) is 0 Å². The minimum Gasteiger partial charge on any atom is -0.348 e. The zero-order valence-electron chi connectivity index (χ0n) is 10.3. The number of halogens is 2. The van der Waals surface area contributed by atoms with Crippen LogP contribution in [0.4, 0.5) is 5.69 Å². The average Bonchev–Trinajstić information content (AvgIpc) is 2.82. The molecule has 6 nitrogen and oxygen atoms in total. The zero-order valence-corrected chi connectivity index (χ0v) is 11.9. The number of nitrogens with zero attached hydrogens (tertiary/aromatic N) is 1. The summed E-state index contributed by atoms with van der Waals surface area (Å²) in [5.41, 5.74) is -0.193. The monoisotopic (exact) mass is 317 g/mol. The maximum Gasteiger partial charge on any atom is 0.283 e. The molecule has 1 aliphatic heterocycles. The highest BCUT2D eigenvalue weighted by molar-refractivity contribution is 6.31. The van der Waals surface area contributed by atoms with Gasteiger partial charge in [0.25, 0.3) is 11.6 Å². The lowest BCUT2D eigenvalue weighted by Gasteiger charge is -2.08. The van der Waals surface area contributed by atoms with Crippen molar-refractivity contribution < 1.29 is 9.72 Å². The van der Waals surface area contributed by atoms with E-state index in [1.54, 1.807) is 0 Å². The van der Waals surface area contributed by atoms with E-state index < -0.39 is 10.8 Å². The number of fused-ring (bicyclic) bond motifs is 1. The summed E-state index contributed by atoms with van der Waals surface area (Å²) >= 11 is 5.72. The number of rotatable bonds is 3. The zero-order chi connectivity index (χ0) is 13.6. The van der Waals surface area contributed by atoms with E-state index in [1.807, 2.05) is 0 Å². The molecule has 20 heavy (non-hydrogen) atoms. The van der Waals surface area contributed by atoms with Gasteiger partial charge in [-0.1, -0.05) is 11.6 Å². The van der Waals surface area contributed by atoms with Crippen molar-refractivity contribution in [2.24, 2.45) is 11.8 Å². The minimum atomic E-state index is -0.587. The van der Waals surface area contributed by atoms with Gasteiger partial charge in [-0.05, 0) is 24.0 Å². The lowest BCUT2D eigenvalue weighted by molar-refractivity contribution is -0.385. The Labute approximate surface area is 126 Å². The van der Waals surface area contributed by atoms with Crippen molar-refractivity contribution in [1.29, 1.82) is 0 Å². The van der Waals surface area contributed by atoms with Crippen LogP contribution < -0.4 is 10.6 Å². The molecule has 2 fully saturated rings. The number of benzene rings is 1. The Morgan fingerprint density at radius 1 is 1.40 bits per heavy atom. The topological polar surface area (TPSA) is 84.3 Å². The van der Waals surface area contributed by atoms with Gasteiger partial charge in [-0.3, -0.25) is 14.9 Å². The first kappa shape index (κ1) is 15.0. The number of hydrogen-bond acceptors (Lipinski definition) is 4. The fraction of sp³-hybridized carbons (Fsp3) is 0.417. The van der Waals surface area contributed by atoms with Gasteiger partial charge in [-0.15, -0.1) is 12.4 Å². The predicted octanol–water partition coefficient (Wildman–Crippen LogP) is 1.62. The van der Waals surface area contributed by atoms with Crippen LogP contribution in [0.5, 0.6) is 0 Å². The van der Waals surface area contributed by atoms with E-state index in [1.165, 1.54) is 18.2 Å². The van der Waals surface area contributed by atoms with E-state index in [4.69, 9.17) is 11.6 Å². The van der Waals surface area contributed by atoms with Crippen molar-refractivity contribution in [3.63, 3.8) is 0 Å². The number of nitrogens with one attached hydrogen (secondary N) is 2. The van der Waals surface area contributed by atoms with E-state index in [9.17, 15) is 14.9 Å². The standard InChI is InChI=1S/C12H12ClN3O3.ClH/c13-6-1-2-7(10(3-6)16(18)19)12(17)15-11-8-4-14-5-9(8)11;/h1-3,8-9,11,14H,4-5H2,(H,15,17);1H. The van der Waals surface area contributed by atoms with Crippen molar-refractivity contribution >= 4 is 35.6 Å². The van der Waals surface area contributed by atoms with Gasteiger partial charge < -0.3 is 10.6 Å². The first-order valence-corrected chi connectivity index (χ1v) is 6.41. The molecular formula is C12H13Cl2N3O3. The Hall–Kier alpha value is -1.37. The maximum absolute atomic E-state index is 12.1. The van der Waals surface area contributed by atoms with Crippen molar-refractivity contribution in [2.75, 3.05) is 13.1 Å². The quantitative estimate of drug-likeness (QED) is 0.655. The molecule has 0 spiro atoms. The van der Waals surface area contributed by atoms with E-state index in [2.05, 4.69) is 10.6 Å². The number of hydrogen-bond donors (Lipinski definition) is 2. The molecule has 2 N–H and O–H groups in total. The summed E-state index contributed by atoms with van der Waals surface area (Å²) in [7, 11) is 0. The normalized spacial score (nSPS) is 26.4. The van der Waals surface area contributed by atoms with Gasteiger partial charge in [0, 0.05) is 30.2 Å². The van der Waals surface area contributed by atoms with E-state index in [0.29, 0.717) is 11.8 Å². The Bertz CT molecular complexity index is 557. The molecule has 0 radical (unpaired) electrons. The molecule has 1 saturated carbocycles. The molecular weight excluding hydrogens is 305 g/mol. The maximum atomic E-state index is 12.1. The number of nitro benzene ring substituents is 1. The van der Waals surface area contributed by atoms with Gasteiger partial charge in [0.1, 0.15) is 5.56 Å². The third kappa shape index (κ3) is 2.59. The van der Waals surface area contributed by atoms with Crippen molar-refractivity contribution in [3.05, 3.63) is 38.9 Å². The molecule has 2 atom stereocenters. The summed E-state index contributed by atoms with van der Waals surface area (Å²) in [6.45, 7) is 1.80. The number of carbonyl (C=O) groups excluding carboxylic acids is 1. The fourth-order valence-corrected chi connectivity index (χ4v) is 2.88. The highest BCUT2D eigenvalue weighted by Crippen LogP contribution is 2.41. The second-order valence-electron chi connectivity index (χ2n) is 4.90. The number of piperidine rings is 1. The Morgan fingerprint density at radius 3 is 2.65 bits per heavy atom. The molecule has 8 heteroatoms. The van der Waals surface area contributed by atoms with Crippen LogP contribution in [-0.4, -0.2) is 30.0 Å². The Kier molecular flexibility index (Phi) is 4.17. The summed E-state index contributed by atoms with van der Waals surface area (Å²) in [5.74, 6) is 0.536. The molecule has 108 valence electrons. The number of nitro groups is 1. The fourth-order valence-electron chi connectivity index (χ4n) is 2.71. The van der Waals surface area contributed by atoms with Gasteiger partial charge in [-0.25, -0.2) is 0 Å². The largest absolute Gasteiger partial charge is 0.348 e. The van der Waals surface area contributed by atoms with Crippen LogP contribution in [-0.2, 0) is 0 Å². The van der Waals surface area contributed by atoms with Crippen LogP contribution in [0.2, 0.25) is 5.02 Å². The van der Waals surface area contributed by atoms with Crippen molar-refractivity contribution in [1.82, 2.24) is 10.6 Å². The van der Waals surface area contributed by atoms with E-state index in [-0.39, 0.29) is 34.7 Å². The summed E-state index contributed by atoms with van der Waals surface area (Å²) < 4.78 is 0. The van der Waals surface area contributed by atoms with Crippen LogP contribution in [0.3, 0.4) is 0 Å². The molecule has 1 saturated heterocycles. The minimum absolute atomic E-state index is 0. The first-order valence-electron chi connectivity index (χ1n) is 6.03. The molecule has 1 aromatic rings. The summed E-state index contributed by atoms with van der Waals surface area (Å²) in [4.78, 5) is 22.4. The molecule has 2 aliphatic rings. The predicted molar refractivity (Wildman–Crippen MR) is 76.5 cm³/mol. The third-order valence-corrected chi connectivity index (χ3v) is 4.03. The van der Waals surface area contributed by atoms with Gasteiger partial charge in [0.2, 0.25) is 0 Å². The molecule has 1 aromatic carbocycles. The molecule has 1 aliphatic carbocycles. The van der Waals surface area contributed by atoms with Crippen molar-refractivity contribution in [2.45, 2.75) is 6.04 Å². The molecule has 1 amide bonds. The molecule has 0 aromatic heterocycles. The van der Waals surface area contributed by atoms with Gasteiger partial charge >= 0.3 is 0 Å². The van der Waals surface area contributed by atoms with E-state index >= 15 is 0 Å². The van der Waals surface area contributed by atoms with Gasteiger partial charge in [-0.2, -0.15) is 0 Å². The third-order valence-electron chi connectivity index (χ3n) is 3.79. The summed E-state index contributed by atoms with van der Waals surface area (Å²) in [5, 5.41) is 17.3. The van der Waals surface area contributed by atoms with E-state index in [0.717, 1.165) is 13.1 Å². The number of amides is 1. The molecule has 0 bridgehead atoms. The average molecular weight is 318 g/mol. The SMILES string of the molecule is Cl.O=C(NC1C2CNCC21)c1ccc(Cl)cc1[N+](=O)[O-]. The second kappa shape index (κ2) is 5.55. The molecule has 1 heterocycles. The number of carbonyl (C=O) groups is 1. The lowest BCUT2D eigenvalue weighted by Crippen LogP contribution is -2.32. The summed E-state index contributed by atoms with van der Waals surface area (Å²) in [6, 6.07) is 4.22. The van der Waals surface area contributed by atoms with Crippen LogP contribution in [0.1, 0.15) is 10.4 Å². The lowest BCUT2D eigenvalue weighted by atomic mass is 10.1. The van der Waals surface area contributed by atoms with Crippen molar-refractivity contribution in [3.8, 4) is 0 Å². The summed E-state index contributed by atoms with van der Waals surface area (Å²) in [6.07, 6.45) is 0. The highest BCUT2D eigenvalue weighted by Gasteiger charge is 2.53. The molecule has 3 rings (SSSR count). The van der Waals surface area contributed by atoms with Crippen LogP contribution in [0, 0.1) is 22.0 Å². The Morgan fingerprint density at radius 2 is 2.05 bits per heavy atom. The highest BCUT2D eigenvalue weighted by atomic mass is 35.5. The van der Waals surface area contributed by atoms with Crippen LogP contribution in [0.25, 0.3) is 0 Å². The smallest absolute Gasteiger partial charge is 0.283 e. The molecule has 2 unspecified atom stereocenters. The van der Waals surface area contributed by atoms with Crippen LogP contribution in [0.15, 0.2) is 18.2 Å². The van der Waals surface area contributed by atoms with Gasteiger partial charge in [0.05, 0.1) is 4.92 Å².